The van der Waals surface area contributed by atoms with Crippen molar-refractivity contribution < 1.29 is 14.6 Å². The molecule has 0 aliphatic heterocycles. The predicted octanol–water partition coefficient (Wildman–Crippen LogP) is 3.06. The molecule has 0 saturated heterocycles. The summed E-state index contributed by atoms with van der Waals surface area (Å²) in [7, 11) is 0. The molecule has 1 atom stereocenters. The monoisotopic (exact) mass is 248 g/mol. The lowest BCUT2D eigenvalue weighted by molar-refractivity contribution is -0.142. The van der Waals surface area contributed by atoms with Crippen molar-refractivity contribution in [2.24, 2.45) is 5.92 Å². The molecule has 0 amide bonds. The smallest absolute Gasteiger partial charge is 0.306 e. The van der Waals surface area contributed by atoms with E-state index >= 15 is 0 Å². The first-order chi connectivity index (χ1) is 8.70. The van der Waals surface area contributed by atoms with Crippen LogP contribution in [0.25, 0.3) is 0 Å². The minimum Gasteiger partial charge on any atom is -0.494 e. The van der Waals surface area contributed by atoms with Gasteiger partial charge < -0.3 is 9.84 Å². The fourth-order valence-corrected chi connectivity index (χ4v) is 2.46. The zero-order valence-electron chi connectivity index (χ0n) is 10.8. The Morgan fingerprint density at radius 1 is 1.39 bits per heavy atom. The van der Waals surface area contributed by atoms with Crippen LogP contribution < -0.4 is 4.74 Å². The third-order valence-electron chi connectivity index (χ3n) is 3.65. The van der Waals surface area contributed by atoms with Crippen LogP contribution in [0, 0.1) is 5.92 Å². The molecule has 2 rings (SSSR count). The first kappa shape index (κ1) is 12.9. The Labute approximate surface area is 108 Å². The minimum absolute atomic E-state index is 0.292. The van der Waals surface area contributed by atoms with Crippen molar-refractivity contribution >= 4 is 5.97 Å². The highest BCUT2D eigenvalue weighted by Crippen LogP contribution is 2.26. The first-order valence-corrected chi connectivity index (χ1v) is 6.68. The summed E-state index contributed by atoms with van der Waals surface area (Å²) in [6, 6.07) is 6.22. The molecule has 3 nitrogen and oxygen atoms in total. The van der Waals surface area contributed by atoms with Gasteiger partial charge in [0, 0.05) is 0 Å². The van der Waals surface area contributed by atoms with Gasteiger partial charge in [0.15, 0.2) is 0 Å². The lowest BCUT2D eigenvalue weighted by Gasteiger charge is -2.11. The molecule has 0 fully saturated rings. The van der Waals surface area contributed by atoms with Crippen LogP contribution in [0.2, 0.25) is 0 Å². The summed E-state index contributed by atoms with van der Waals surface area (Å²) in [5.74, 6) is -0.148. The van der Waals surface area contributed by atoms with Crippen LogP contribution in [-0.4, -0.2) is 17.7 Å². The summed E-state index contributed by atoms with van der Waals surface area (Å²) in [5.41, 5.74) is 2.82. The van der Waals surface area contributed by atoms with Crippen LogP contribution in [-0.2, 0) is 17.6 Å². The molecule has 98 valence electrons. The summed E-state index contributed by atoms with van der Waals surface area (Å²) in [6.45, 7) is 2.37. The van der Waals surface area contributed by atoms with Crippen LogP contribution in [0.5, 0.6) is 5.75 Å². The number of aryl methyl sites for hydroxylation is 2. The van der Waals surface area contributed by atoms with Crippen molar-refractivity contribution in [1.29, 1.82) is 0 Å². The van der Waals surface area contributed by atoms with E-state index in [9.17, 15) is 4.79 Å². The molecule has 0 aromatic heterocycles. The molecule has 3 heteroatoms. The highest BCUT2D eigenvalue weighted by molar-refractivity contribution is 5.69. The van der Waals surface area contributed by atoms with Crippen LogP contribution in [0.3, 0.4) is 0 Å². The zero-order valence-corrected chi connectivity index (χ0v) is 10.8. The third-order valence-corrected chi connectivity index (χ3v) is 3.65. The molecule has 1 aliphatic carbocycles. The Hall–Kier alpha value is -1.51. The number of rotatable bonds is 6. The van der Waals surface area contributed by atoms with Gasteiger partial charge in [0.05, 0.1) is 12.5 Å². The average molecular weight is 248 g/mol. The SMILES string of the molecule is CCC(CCOc1ccc2c(c1)CCC2)C(=O)O. The normalized spacial score (nSPS) is 15.2. The molecule has 1 aromatic carbocycles. The number of carbonyl (C=O) groups is 1. The molecule has 0 saturated carbocycles. The van der Waals surface area contributed by atoms with E-state index in [-0.39, 0.29) is 5.92 Å². The molecule has 18 heavy (non-hydrogen) atoms. The van der Waals surface area contributed by atoms with Crippen molar-refractivity contribution in [3.63, 3.8) is 0 Å². The van der Waals surface area contributed by atoms with Crippen LogP contribution in [0.4, 0.5) is 0 Å². The Kier molecular flexibility index (Phi) is 4.24. The average Bonchev–Trinajstić information content (AvgIpc) is 2.81. The highest BCUT2D eigenvalue weighted by Gasteiger charge is 2.15. The van der Waals surface area contributed by atoms with E-state index < -0.39 is 5.97 Å². The molecule has 1 aromatic rings. The Morgan fingerprint density at radius 2 is 2.17 bits per heavy atom. The topological polar surface area (TPSA) is 46.5 Å². The fourth-order valence-electron chi connectivity index (χ4n) is 2.46. The van der Waals surface area contributed by atoms with Gasteiger partial charge in [-0.25, -0.2) is 0 Å². The number of benzene rings is 1. The number of aliphatic carboxylic acids is 1. The standard InChI is InChI=1S/C15H20O3/c1-2-11(15(16)17)8-9-18-14-7-6-12-4-3-5-13(12)10-14/h6-7,10-11H,2-5,8-9H2,1H3,(H,16,17). The third kappa shape index (κ3) is 3.03. The molecule has 1 N–H and O–H groups in total. The second-order valence-corrected chi connectivity index (χ2v) is 4.86. The summed E-state index contributed by atoms with van der Waals surface area (Å²) in [4.78, 5) is 10.9. The summed E-state index contributed by atoms with van der Waals surface area (Å²) < 4.78 is 5.65. The minimum atomic E-state index is -0.727. The quantitative estimate of drug-likeness (QED) is 0.841. The molecule has 0 bridgehead atoms. The van der Waals surface area contributed by atoms with E-state index in [1.807, 2.05) is 13.0 Å². The number of carboxylic acid groups (broad SMARTS) is 1. The van der Waals surface area contributed by atoms with Gasteiger partial charge in [-0.2, -0.15) is 0 Å². The van der Waals surface area contributed by atoms with Gasteiger partial charge in [0.1, 0.15) is 5.75 Å². The number of hydrogen-bond acceptors (Lipinski definition) is 2. The van der Waals surface area contributed by atoms with Crippen LogP contribution >= 0.6 is 0 Å². The first-order valence-electron chi connectivity index (χ1n) is 6.68. The molecular formula is C15H20O3. The van der Waals surface area contributed by atoms with Crippen molar-refractivity contribution in [2.45, 2.75) is 39.0 Å². The molecular weight excluding hydrogens is 228 g/mol. The maximum atomic E-state index is 10.9. The summed E-state index contributed by atoms with van der Waals surface area (Å²) >= 11 is 0. The number of hydrogen-bond donors (Lipinski definition) is 1. The van der Waals surface area contributed by atoms with Gasteiger partial charge in [-0.05, 0) is 55.4 Å². The van der Waals surface area contributed by atoms with Crippen molar-refractivity contribution in [3.05, 3.63) is 29.3 Å². The maximum absolute atomic E-state index is 10.9. The Balaban J connectivity index is 1.85. The molecule has 1 unspecified atom stereocenters. The van der Waals surface area contributed by atoms with E-state index in [0.29, 0.717) is 19.4 Å². The maximum Gasteiger partial charge on any atom is 0.306 e. The van der Waals surface area contributed by atoms with Crippen molar-refractivity contribution in [1.82, 2.24) is 0 Å². The van der Waals surface area contributed by atoms with E-state index in [1.165, 1.54) is 24.0 Å². The van der Waals surface area contributed by atoms with Crippen LogP contribution in [0.15, 0.2) is 18.2 Å². The van der Waals surface area contributed by atoms with E-state index in [0.717, 1.165) is 12.2 Å². The van der Waals surface area contributed by atoms with Crippen molar-refractivity contribution in [3.8, 4) is 5.75 Å². The largest absolute Gasteiger partial charge is 0.494 e. The van der Waals surface area contributed by atoms with Gasteiger partial charge in [-0.1, -0.05) is 13.0 Å². The van der Waals surface area contributed by atoms with E-state index in [2.05, 4.69) is 12.1 Å². The molecule has 1 aliphatic rings. The number of fused-ring (bicyclic) bond motifs is 1. The Bertz CT molecular complexity index is 426. The van der Waals surface area contributed by atoms with Gasteiger partial charge in [-0.15, -0.1) is 0 Å². The van der Waals surface area contributed by atoms with E-state index in [4.69, 9.17) is 9.84 Å². The predicted molar refractivity (Wildman–Crippen MR) is 70.0 cm³/mol. The highest BCUT2D eigenvalue weighted by atomic mass is 16.5. The van der Waals surface area contributed by atoms with Gasteiger partial charge in [-0.3, -0.25) is 4.79 Å². The molecule has 0 radical (unpaired) electrons. The lowest BCUT2D eigenvalue weighted by Crippen LogP contribution is -2.15. The second kappa shape index (κ2) is 5.89. The molecule has 0 heterocycles. The van der Waals surface area contributed by atoms with Gasteiger partial charge in [0.25, 0.3) is 0 Å². The summed E-state index contributed by atoms with van der Waals surface area (Å²) in [6.07, 6.45) is 4.77. The van der Waals surface area contributed by atoms with Gasteiger partial charge >= 0.3 is 5.97 Å². The second-order valence-electron chi connectivity index (χ2n) is 4.86. The van der Waals surface area contributed by atoms with Crippen molar-refractivity contribution in [2.75, 3.05) is 6.61 Å². The fraction of sp³-hybridized carbons (Fsp3) is 0.533. The summed E-state index contributed by atoms with van der Waals surface area (Å²) in [5, 5.41) is 8.94. The van der Waals surface area contributed by atoms with Crippen LogP contribution in [0.1, 0.15) is 37.3 Å². The number of carboxylic acids is 1. The molecule has 0 spiro atoms. The zero-order chi connectivity index (χ0) is 13.0. The lowest BCUT2D eigenvalue weighted by atomic mass is 10.0. The number of ether oxygens (including phenoxy) is 1. The van der Waals surface area contributed by atoms with E-state index in [1.54, 1.807) is 0 Å². The van der Waals surface area contributed by atoms with Gasteiger partial charge in [0.2, 0.25) is 0 Å². The Morgan fingerprint density at radius 3 is 2.89 bits per heavy atom.